The van der Waals surface area contributed by atoms with Crippen molar-refractivity contribution in [1.29, 1.82) is 0 Å². The van der Waals surface area contributed by atoms with Crippen LogP contribution in [0, 0.1) is 5.41 Å². The summed E-state index contributed by atoms with van der Waals surface area (Å²) in [5, 5.41) is 4.71. The Bertz CT molecular complexity index is 449. The summed E-state index contributed by atoms with van der Waals surface area (Å²) in [6, 6.07) is 0. The Morgan fingerprint density at radius 1 is 1.20 bits per heavy atom. The molecule has 0 amide bonds. The predicted octanol–water partition coefficient (Wildman–Crippen LogP) is 4.24. The molecule has 20 heavy (non-hydrogen) atoms. The first-order valence-electron chi connectivity index (χ1n) is 8.05. The summed E-state index contributed by atoms with van der Waals surface area (Å²) in [5.41, 5.74) is 3.10. The van der Waals surface area contributed by atoms with Gasteiger partial charge < -0.3 is 0 Å². The van der Waals surface area contributed by atoms with Crippen molar-refractivity contribution >= 4 is 15.9 Å². The molecule has 1 aromatic heterocycles. The molecule has 3 nitrogen and oxygen atoms in total. The molecular weight excluding hydrogens is 314 g/mol. The van der Waals surface area contributed by atoms with E-state index in [4.69, 9.17) is 5.10 Å². The highest BCUT2D eigenvalue weighted by atomic mass is 79.9. The summed E-state index contributed by atoms with van der Waals surface area (Å²) in [5.74, 6) is 0. The largest absolute Gasteiger partial charge is 0.297 e. The van der Waals surface area contributed by atoms with Crippen LogP contribution in [-0.2, 0) is 19.5 Å². The van der Waals surface area contributed by atoms with E-state index in [-0.39, 0.29) is 0 Å². The summed E-state index contributed by atoms with van der Waals surface area (Å²) in [6.45, 7) is 13.5. The summed E-state index contributed by atoms with van der Waals surface area (Å²) in [7, 11) is 0. The monoisotopic (exact) mass is 341 g/mol. The molecule has 1 aliphatic heterocycles. The lowest BCUT2D eigenvalue weighted by atomic mass is 9.82. The highest BCUT2D eigenvalue weighted by Crippen LogP contribution is 2.38. The van der Waals surface area contributed by atoms with Crippen molar-refractivity contribution in [2.75, 3.05) is 13.1 Å². The molecule has 1 saturated heterocycles. The van der Waals surface area contributed by atoms with Gasteiger partial charge >= 0.3 is 0 Å². The Kier molecular flexibility index (Phi) is 5.30. The molecule has 0 radical (unpaired) electrons. The third-order valence-corrected chi connectivity index (χ3v) is 6.00. The van der Waals surface area contributed by atoms with Gasteiger partial charge in [-0.15, -0.1) is 0 Å². The molecule has 0 aromatic carbocycles. The topological polar surface area (TPSA) is 21.1 Å². The molecule has 0 atom stereocenters. The van der Waals surface area contributed by atoms with E-state index < -0.39 is 0 Å². The second-order valence-electron chi connectivity index (χ2n) is 6.04. The summed E-state index contributed by atoms with van der Waals surface area (Å²) in [4.78, 5) is 2.61. The molecule has 2 heterocycles. The van der Waals surface area contributed by atoms with Gasteiger partial charge in [0.15, 0.2) is 0 Å². The van der Waals surface area contributed by atoms with Crippen LogP contribution in [0.2, 0.25) is 0 Å². The Hall–Kier alpha value is -0.350. The van der Waals surface area contributed by atoms with Crippen LogP contribution in [-0.4, -0.2) is 27.8 Å². The number of aromatic nitrogens is 2. The SMILES string of the molecule is CCc1nn(CC)c(CN2CCC(CC)(CC)C2)c1Br. The van der Waals surface area contributed by atoms with Crippen LogP contribution in [0.4, 0.5) is 0 Å². The van der Waals surface area contributed by atoms with Gasteiger partial charge in [-0.3, -0.25) is 9.58 Å². The van der Waals surface area contributed by atoms with Crippen molar-refractivity contribution in [2.45, 2.75) is 66.5 Å². The Balaban J connectivity index is 2.13. The molecular formula is C16H28BrN3. The highest BCUT2D eigenvalue weighted by Gasteiger charge is 2.35. The molecule has 0 unspecified atom stereocenters. The van der Waals surface area contributed by atoms with Crippen LogP contribution in [0.25, 0.3) is 0 Å². The van der Waals surface area contributed by atoms with E-state index in [9.17, 15) is 0 Å². The molecule has 0 N–H and O–H groups in total. The smallest absolute Gasteiger partial charge is 0.0767 e. The Labute approximate surface area is 131 Å². The second kappa shape index (κ2) is 6.61. The van der Waals surface area contributed by atoms with E-state index >= 15 is 0 Å². The van der Waals surface area contributed by atoms with E-state index in [1.807, 2.05) is 0 Å². The van der Waals surface area contributed by atoms with Crippen molar-refractivity contribution < 1.29 is 0 Å². The predicted molar refractivity (Wildman–Crippen MR) is 87.9 cm³/mol. The van der Waals surface area contributed by atoms with E-state index in [0.29, 0.717) is 5.41 Å². The minimum atomic E-state index is 0.553. The molecule has 4 heteroatoms. The lowest BCUT2D eigenvalue weighted by Gasteiger charge is -2.26. The zero-order chi connectivity index (χ0) is 14.8. The molecule has 2 rings (SSSR count). The number of hydrogen-bond acceptors (Lipinski definition) is 2. The van der Waals surface area contributed by atoms with Gasteiger partial charge in [0.25, 0.3) is 0 Å². The molecule has 1 fully saturated rings. The van der Waals surface area contributed by atoms with Gasteiger partial charge in [-0.25, -0.2) is 0 Å². The van der Waals surface area contributed by atoms with Crippen molar-refractivity contribution in [1.82, 2.24) is 14.7 Å². The lowest BCUT2D eigenvalue weighted by molar-refractivity contribution is 0.232. The lowest BCUT2D eigenvalue weighted by Crippen LogP contribution is -2.27. The van der Waals surface area contributed by atoms with Gasteiger partial charge in [0.2, 0.25) is 0 Å². The van der Waals surface area contributed by atoms with Crippen LogP contribution >= 0.6 is 15.9 Å². The van der Waals surface area contributed by atoms with Crippen LogP contribution in [0.15, 0.2) is 4.47 Å². The van der Waals surface area contributed by atoms with Gasteiger partial charge in [0.05, 0.1) is 15.9 Å². The van der Waals surface area contributed by atoms with Crippen molar-refractivity contribution in [2.24, 2.45) is 5.41 Å². The third-order valence-electron chi connectivity index (χ3n) is 5.08. The molecule has 0 aliphatic carbocycles. The van der Waals surface area contributed by atoms with Crippen molar-refractivity contribution in [3.63, 3.8) is 0 Å². The fraction of sp³-hybridized carbons (Fsp3) is 0.812. The standard InChI is InChI=1S/C16H28BrN3/c1-5-13-15(17)14(20(8-4)18-13)11-19-10-9-16(6-2,7-3)12-19/h5-12H2,1-4H3. The fourth-order valence-electron chi connectivity index (χ4n) is 3.37. The molecule has 1 aromatic rings. The zero-order valence-electron chi connectivity index (χ0n) is 13.4. The fourth-order valence-corrected chi connectivity index (χ4v) is 4.06. The minimum Gasteiger partial charge on any atom is -0.297 e. The number of rotatable bonds is 6. The third kappa shape index (κ3) is 2.96. The molecule has 0 bridgehead atoms. The van der Waals surface area contributed by atoms with E-state index in [2.05, 4.69) is 53.2 Å². The number of halogens is 1. The van der Waals surface area contributed by atoms with Gasteiger partial charge in [0.1, 0.15) is 0 Å². The van der Waals surface area contributed by atoms with Crippen LogP contribution < -0.4 is 0 Å². The maximum Gasteiger partial charge on any atom is 0.0767 e. The number of likely N-dealkylation sites (tertiary alicyclic amines) is 1. The zero-order valence-corrected chi connectivity index (χ0v) is 15.0. The minimum absolute atomic E-state index is 0.553. The van der Waals surface area contributed by atoms with Gasteiger partial charge in [-0.05, 0) is 60.5 Å². The van der Waals surface area contributed by atoms with Gasteiger partial charge in [-0.2, -0.15) is 5.10 Å². The first-order valence-corrected chi connectivity index (χ1v) is 8.84. The second-order valence-corrected chi connectivity index (χ2v) is 6.84. The number of aryl methyl sites for hydroxylation is 2. The maximum atomic E-state index is 4.71. The summed E-state index contributed by atoms with van der Waals surface area (Å²) in [6.07, 6.45) is 4.94. The maximum absolute atomic E-state index is 4.71. The van der Waals surface area contributed by atoms with E-state index in [1.165, 1.54) is 48.2 Å². The first kappa shape index (κ1) is 16.0. The molecule has 0 saturated carbocycles. The quantitative estimate of drug-likeness (QED) is 0.771. The van der Waals surface area contributed by atoms with E-state index in [1.54, 1.807) is 0 Å². The normalized spacial score (nSPS) is 18.9. The summed E-state index contributed by atoms with van der Waals surface area (Å²) >= 11 is 3.76. The molecule has 0 spiro atoms. The molecule has 114 valence electrons. The average Bonchev–Trinajstić information content (AvgIpc) is 3.02. The van der Waals surface area contributed by atoms with Gasteiger partial charge in [0, 0.05) is 19.6 Å². The van der Waals surface area contributed by atoms with Crippen molar-refractivity contribution in [3.8, 4) is 0 Å². The molecule has 1 aliphatic rings. The van der Waals surface area contributed by atoms with E-state index in [0.717, 1.165) is 19.5 Å². The van der Waals surface area contributed by atoms with Gasteiger partial charge in [-0.1, -0.05) is 20.8 Å². The first-order chi connectivity index (χ1) is 9.59. The number of hydrogen-bond donors (Lipinski definition) is 0. The van der Waals surface area contributed by atoms with Crippen LogP contribution in [0.3, 0.4) is 0 Å². The van der Waals surface area contributed by atoms with Crippen LogP contribution in [0.5, 0.6) is 0 Å². The Morgan fingerprint density at radius 3 is 2.40 bits per heavy atom. The van der Waals surface area contributed by atoms with Crippen molar-refractivity contribution in [3.05, 3.63) is 15.9 Å². The highest BCUT2D eigenvalue weighted by molar-refractivity contribution is 9.10. The number of nitrogens with zero attached hydrogens (tertiary/aromatic N) is 3. The Morgan fingerprint density at radius 2 is 1.90 bits per heavy atom. The van der Waals surface area contributed by atoms with Crippen LogP contribution in [0.1, 0.15) is 58.3 Å². The summed E-state index contributed by atoms with van der Waals surface area (Å²) < 4.78 is 3.40. The average molecular weight is 342 g/mol.